The summed E-state index contributed by atoms with van der Waals surface area (Å²) in [5, 5.41) is 3.84. The first-order valence-electron chi connectivity index (χ1n) is 6.46. The molecule has 2 rings (SSSR count). The average Bonchev–Trinajstić information content (AvgIpc) is 2.45. The number of nitrogens with one attached hydrogen (secondary N) is 1. The van der Waals surface area contributed by atoms with Gasteiger partial charge in [0.15, 0.2) is 0 Å². The van der Waals surface area contributed by atoms with E-state index in [1.807, 2.05) is 37.3 Å². The fourth-order valence-corrected chi connectivity index (χ4v) is 2.59. The molecule has 0 aliphatic heterocycles. The zero-order valence-corrected chi connectivity index (χ0v) is 13.6. The van der Waals surface area contributed by atoms with Crippen LogP contribution in [0.25, 0.3) is 0 Å². The number of hydrogen-bond donors (Lipinski definition) is 1. The van der Waals surface area contributed by atoms with E-state index in [4.69, 9.17) is 34.8 Å². The Morgan fingerprint density at radius 2 is 1.67 bits per heavy atom. The summed E-state index contributed by atoms with van der Waals surface area (Å²) < 4.78 is 0. The van der Waals surface area contributed by atoms with Crippen molar-refractivity contribution >= 4 is 46.4 Å². The van der Waals surface area contributed by atoms with E-state index in [2.05, 4.69) is 5.32 Å². The minimum atomic E-state index is -0.119. The third-order valence-corrected chi connectivity index (χ3v) is 4.18. The van der Waals surface area contributed by atoms with Crippen LogP contribution in [0.4, 0.5) is 5.69 Å². The lowest BCUT2D eigenvalue weighted by molar-refractivity contribution is -0.116. The molecule has 2 aromatic rings. The molecular formula is C16H14Cl3NO. The summed E-state index contributed by atoms with van der Waals surface area (Å²) in [6, 6.07) is 12.9. The van der Waals surface area contributed by atoms with Gasteiger partial charge >= 0.3 is 0 Å². The van der Waals surface area contributed by atoms with Gasteiger partial charge in [-0.05, 0) is 23.6 Å². The van der Waals surface area contributed by atoms with E-state index in [1.165, 1.54) is 6.07 Å². The molecular weight excluding hydrogens is 329 g/mol. The Bertz CT molecular complexity index is 643. The van der Waals surface area contributed by atoms with Crippen LogP contribution in [0.1, 0.15) is 24.8 Å². The molecule has 1 N–H and O–H groups in total. The maximum atomic E-state index is 12.1. The molecule has 0 heterocycles. The second-order valence-electron chi connectivity index (χ2n) is 4.81. The molecule has 0 aromatic heterocycles. The Morgan fingerprint density at radius 3 is 2.33 bits per heavy atom. The van der Waals surface area contributed by atoms with Crippen LogP contribution >= 0.6 is 34.8 Å². The molecule has 0 aliphatic rings. The molecule has 1 amide bonds. The molecule has 0 spiro atoms. The summed E-state index contributed by atoms with van der Waals surface area (Å²) in [5.41, 5.74) is 1.59. The SMILES string of the molecule is C[C@@H](CC(=O)Nc1cc(Cl)c(Cl)cc1Cl)c1ccccc1. The topological polar surface area (TPSA) is 29.1 Å². The first-order chi connectivity index (χ1) is 9.97. The van der Waals surface area contributed by atoms with Crippen LogP contribution in [0, 0.1) is 0 Å². The lowest BCUT2D eigenvalue weighted by Crippen LogP contribution is -2.14. The van der Waals surface area contributed by atoms with Crippen molar-refractivity contribution in [3.63, 3.8) is 0 Å². The molecule has 0 bridgehead atoms. The fourth-order valence-electron chi connectivity index (χ4n) is 2.00. The molecule has 5 heteroatoms. The highest BCUT2D eigenvalue weighted by Crippen LogP contribution is 2.32. The van der Waals surface area contributed by atoms with E-state index in [-0.39, 0.29) is 11.8 Å². The molecule has 110 valence electrons. The first kappa shape index (κ1) is 16.2. The van der Waals surface area contributed by atoms with Gasteiger partial charge in [0.2, 0.25) is 5.91 Å². The number of hydrogen-bond acceptors (Lipinski definition) is 1. The van der Waals surface area contributed by atoms with Gasteiger partial charge in [-0.3, -0.25) is 4.79 Å². The van der Waals surface area contributed by atoms with Gasteiger partial charge in [-0.1, -0.05) is 72.1 Å². The van der Waals surface area contributed by atoms with Gasteiger partial charge in [-0.15, -0.1) is 0 Å². The molecule has 0 unspecified atom stereocenters. The van der Waals surface area contributed by atoms with Crippen molar-refractivity contribution in [1.29, 1.82) is 0 Å². The van der Waals surface area contributed by atoms with Crippen molar-refractivity contribution in [3.8, 4) is 0 Å². The summed E-state index contributed by atoms with van der Waals surface area (Å²) in [7, 11) is 0. The van der Waals surface area contributed by atoms with Gasteiger partial charge in [0, 0.05) is 6.42 Å². The largest absolute Gasteiger partial charge is 0.325 e. The molecule has 0 radical (unpaired) electrons. The predicted molar refractivity (Wildman–Crippen MR) is 89.6 cm³/mol. The number of rotatable bonds is 4. The molecule has 1 atom stereocenters. The van der Waals surface area contributed by atoms with Crippen molar-refractivity contribution in [2.45, 2.75) is 19.3 Å². The molecule has 0 saturated carbocycles. The highest BCUT2D eigenvalue weighted by molar-refractivity contribution is 6.44. The Labute approximate surface area is 139 Å². The number of anilines is 1. The van der Waals surface area contributed by atoms with Crippen LogP contribution < -0.4 is 5.32 Å². The molecule has 0 aliphatic carbocycles. The van der Waals surface area contributed by atoms with Gasteiger partial charge in [-0.2, -0.15) is 0 Å². The van der Waals surface area contributed by atoms with E-state index in [1.54, 1.807) is 6.07 Å². The van der Waals surface area contributed by atoms with Gasteiger partial charge in [0.25, 0.3) is 0 Å². The number of benzene rings is 2. The minimum Gasteiger partial charge on any atom is -0.325 e. The zero-order chi connectivity index (χ0) is 15.4. The average molecular weight is 343 g/mol. The molecule has 2 nitrogen and oxygen atoms in total. The van der Waals surface area contributed by atoms with Crippen LogP contribution in [-0.2, 0) is 4.79 Å². The summed E-state index contributed by atoms with van der Waals surface area (Å²) >= 11 is 17.8. The van der Waals surface area contributed by atoms with Crippen LogP contribution in [0.2, 0.25) is 15.1 Å². The summed E-state index contributed by atoms with van der Waals surface area (Å²) in [4.78, 5) is 12.1. The van der Waals surface area contributed by atoms with E-state index in [0.717, 1.165) is 5.56 Å². The second-order valence-corrected chi connectivity index (χ2v) is 6.03. The Hall–Kier alpha value is -1.22. The second kappa shape index (κ2) is 7.17. The van der Waals surface area contributed by atoms with E-state index in [9.17, 15) is 4.79 Å². The third-order valence-electron chi connectivity index (χ3n) is 3.14. The predicted octanol–water partition coefficient (Wildman–Crippen LogP) is 5.78. The van der Waals surface area contributed by atoms with Crippen molar-refractivity contribution in [3.05, 3.63) is 63.1 Å². The Balaban J connectivity index is 2.04. The zero-order valence-electron chi connectivity index (χ0n) is 11.4. The molecule has 2 aromatic carbocycles. The van der Waals surface area contributed by atoms with E-state index >= 15 is 0 Å². The maximum Gasteiger partial charge on any atom is 0.225 e. The van der Waals surface area contributed by atoms with E-state index in [0.29, 0.717) is 27.2 Å². The summed E-state index contributed by atoms with van der Waals surface area (Å²) in [6.07, 6.45) is 0.362. The quantitative estimate of drug-likeness (QED) is 0.701. The first-order valence-corrected chi connectivity index (χ1v) is 7.60. The van der Waals surface area contributed by atoms with Crippen LogP contribution in [-0.4, -0.2) is 5.91 Å². The van der Waals surface area contributed by atoms with Gasteiger partial charge in [-0.25, -0.2) is 0 Å². The third kappa shape index (κ3) is 4.37. The number of halogens is 3. The Morgan fingerprint density at radius 1 is 1.05 bits per heavy atom. The number of amides is 1. The van der Waals surface area contributed by atoms with E-state index < -0.39 is 0 Å². The van der Waals surface area contributed by atoms with Gasteiger partial charge in [0.05, 0.1) is 20.8 Å². The Kier molecular flexibility index (Phi) is 5.51. The van der Waals surface area contributed by atoms with Crippen molar-refractivity contribution < 1.29 is 4.79 Å². The summed E-state index contributed by atoms with van der Waals surface area (Å²) in [6.45, 7) is 2.01. The monoisotopic (exact) mass is 341 g/mol. The highest BCUT2D eigenvalue weighted by Gasteiger charge is 2.13. The highest BCUT2D eigenvalue weighted by atomic mass is 35.5. The number of carbonyl (C=O) groups is 1. The maximum absolute atomic E-state index is 12.1. The van der Waals surface area contributed by atoms with Crippen LogP contribution in [0.15, 0.2) is 42.5 Å². The molecule has 21 heavy (non-hydrogen) atoms. The van der Waals surface area contributed by atoms with Crippen molar-refractivity contribution in [2.75, 3.05) is 5.32 Å². The molecule has 0 saturated heterocycles. The van der Waals surface area contributed by atoms with Crippen molar-refractivity contribution in [1.82, 2.24) is 0 Å². The normalized spacial score (nSPS) is 12.0. The lowest BCUT2D eigenvalue weighted by atomic mass is 9.97. The number of carbonyl (C=O) groups excluding carboxylic acids is 1. The fraction of sp³-hybridized carbons (Fsp3) is 0.188. The van der Waals surface area contributed by atoms with Crippen LogP contribution in [0.5, 0.6) is 0 Å². The van der Waals surface area contributed by atoms with Crippen LogP contribution in [0.3, 0.4) is 0 Å². The molecule has 0 fully saturated rings. The smallest absolute Gasteiger partial charge is 0.225 e. The minimum absolute atomic E-state index is 0.118. The lowest BCUT2D eigenvalue weighted by Gasteiger charge is -2.13. The standard InChI is InChI=1S/C16H14Cl3NO/c1-10(11-5-3-2-4-6-11)7-16(21)20-15-9-13(18)12(17)8-14(15)19/h2-6,8-10H,7H2,1H3,(H,20,21)/t10-/m0/s1. The summed E-state index contributed by atoms with van der Waals surface area (Å²) in [5.74, 6) is -0.000565. The van der Waals surface area contributed by atoms with Crippen molar-refractivity contribution in [2.24, 2.45) is 0 Å². The van der Waals surface area contributed by atoms with Gasteiger partial charge in [0.1, 0.15) is 0 Å². The van der Waals surface area contributed by atoms with Gasteiger partial charge < -0.3 is 5.32 Å².